The average Bonchev–Trinajstić information content (AvgIpc) is 2.69. The van der Waals surface area contributed by atoms with Crippen LogP contribution in [0.25, 0.3) is 0 Å². The van der Waals surface area contributed by atoms with Gasteiger partial charge in [0.2, 0.25) is 5.91 Å². The number of hydrogen-bond acceptors (Lipinski definition) is 3. The fourth-order valence-electron chi connectivity index (χ4n) is 3.99. The lowest BCUT2D eigenvalue weighted by molar-refractivity contribution is -0.123. The molecule has 2 aromatic carbocycles. The first-order chi connectivity index (χ1) is 12.6. The maximum Gasteiger partial charge on any atom is 0.253 e. The number of carbonyl (C=O) groups is 2. The normalized spacial score (nSPS) is 21.7. The minimum Gasteiger partial charge on any atom is -0.355 e. The van der Waals surface area contributed by atoms with E-state index in [4.69, 9.17) is 0 Å². The summed E-state index contributed by atoms with van der Waals surface area (Å²) in [6, 6.07) is 15.8. The van der Waals surface area contributed by atoms with Crippen LogP contribution in [0.1, 0.15) is 38.9 Å². The van der Waals surface area contributed by atoms with E-state index in [0.717, 1.165) is 18.7 Å². The molecule has 0 saturated heterocycles. The van der Waals surface area contributed by atoms with Crippen LogP contribution in [-0.4, -0.2) is 43.4 Å². The van der Waals surface area contributed by atoms with Gasteiger partial charge in [-0.25, -0.2) is 0 Å². The van der Waals surface area contributed by atoms with Crippen LogP contribution in [0.3, 0.4) is 0 Å². The molecule has 0 aromatic heterocycles. The molecule has 2 heterocycles. The van der Waals surface area contributed by atoms with Gasteiger partial charge in [0, 0.05) is 44.7 Å². The van der Waals surface area contributed by atoms with Crippen LogP contribution in [0.5, 0.6) is 0 Å². The van der Waals surface area contributed by atoms with Crippen molar-refractivity contribution in [2.45, 2.75) is 18.4 Å². The Morgan fingerprint density at radius 3 is 2.73 bits per heavy atom. The molecule has 2 amide bonds. The van der Waals surface area contributed by atoms with Crippen molar-refractivity contribution >= 4 is 11.8 Å². The van der Waals surface area contributed by atoms with Crippen molar-refractivity contribution in [1.82, 2.24) is 15.5 Å². The Labute approximate surface area is 153 Å². The van der Waals surface area contributed by atoms with E-state index in [0.29, 0.717) is 18.7 Å². The molecule has 26 heavy (non-hydrogen) atoms. The molecule has 2 unspecified atom stereocenters. The van der Waals surface area contributed by atoms with Gasteiger partial charge in [-0.15, -0.1) is 0 Å². The second-order valence-corrected chi connectivity index (χ2v) is 7.10. The second kappa shape index (κ2) is 6.92. The fraction of sp³-hybridized carbons (Fsp3) is 0.333. The van der Waals surface area contributed by atoms with Crippen molar-refractivity contribution in [2.24, 2.45) is 0 Å². The van der Waals surface area contributed by atoms with Crippen LogP contribution in [0.2, 0.25) is 0 Å². The maximum absolute atomic E-state index is 12.9. The van der Waals surface area contributed by atoms with E-state index in [1.165, 1.54) is 11.1 Å². The third kappa shape index (κ3) is 2.99. The topological polar surface area (TPSA) is 61.4 Å². The van der Waals surface area contributed by atoms with Gasteiger partial charge in [0.15, 0.2) is 0 Å². The number of rotatable bonds is 3. The van der Waals surface area contributed by atoms with Crippen LogP contribution >= 0.6 is 0 Å². The minimum absolute atomic E-state index is 0.0140. The molecule has 2 aliphatic heterocycles. The highest BCUT2D eigenvalue weighted by molar-refractivity contribution is 6.00. The highest BCUT2D eigenvalue weighted by atomic mass is 16.2. The Morgan fingerprint density at radius 2 is 1.88 bits per heavy atom. The van der Waals surface area contributed by atoms with E-state index in [1.807, 2.05) is 24.3 Å². The molecule has 0 radical (unpaired) electrons. The van der Waals surface area contributed by atoms with Gasteiger partial charge in [-0.2, -0.15) is 0 Å². The van der Waals surface area contributed by atoms with Gasteiger partial charge in [-0.1, -0.05) is 42.5 Å². The van der Waals surface area contributed by atoms with Crippen molar-refractivity contribution in [2.75, 3.05) is 26.7 Å². The number of fused-ring (bicyclic) bond motifs is 2. The summed E-state index contributed by atoms with van der Waals surface area (Å²) in [5, 5.41) is 6.54. The van der Waals surface area contributed by atoms with Gasteiger partial charge in [0.1, 0.15) is 0 Å². The molecule has 2 aliphatic rings. The summed E-state index contributed by atoms with van der Waals surface area (Å²) in [6.45, 7) is 2.75. The van der Waals surface area contributed by atoms with Crippen molar-refractivity contribution in [3.05, 3.63) is 70.8 Å². The number of nitrogens with zero attached hydrogens (tertiary/aromatic N) is 1. The van der Waals surface area contributed by atoms with Gasteiger partial charge in [-0.3, -0.25) is 9.59 Å². The van der Waals surface area contributed by atoms with Crippen molar-refractivity contribution in [3.63, 3.8) is 0 Å². The minimum atomic E-state index is -0.319. The lowest BCUT2D eigenvalue weighted by Crippen LogP contribution is -2.45. The smallest absolute Gasteiger partial charge is 0.253 e. The Kier molecular flexibility index (Phi) is 4.47. The molecule has 134 valence electrons. The van der Waals surface area contributed by atoms with E-state index >= 15 is 0 Å². The van der Waals surface area contributed by atoms with Crippen LogP contribution in [-0.2, 0) is 11.3 Å². The summed E-state index contributed by atoms with van der Waals surface area (Å²) in [4.78, 5) is 26.8. The third-order valence-corrected chi connectivity index (χ3v) is 5.41. The molecule has 0 spiro atoms. The molecule has 5 nitrogen and oxygen atoms in total. The number of carbonyl (C=O) groups excluding carboxylic acids is 2. The Hall–Kier alpha value is -2.66. The summed E-state index contributed by atoms with van der Waals surface area (Å²) < 4.78 is 0. The van der Waals surface area contributed by atoms with Gasteiger partial charge in [0.25, 0.3) is 5.91 Å². The zero-order chi connectivity index (χ0) is 18.1. The largest absolute Gasteiger partial charge is 0.355 e. The third-order valence-electron chi connectivity index (χ3n) is 5.41. The van der Waals surface area contributed by atoms with Gasteiger partial charge in [0.05, 0.1) is 5.92 Å². The summed E-state index contributed by atoms with van der Waals surface area (Å²) in [7, 11) is 1.75. The predicted molar refractivity (Wildman–Crippen MR) is 100 cm³/mol. The first-order valence-corrected chi connectivity index (χ1v) is 9.05. The lowest BCUT2D eigenvalue weighted by Gasteiger charge is -2.32. The number of benzene rings is 2. The Balaban J connectivity index is 1.50. The average molecular weight is 349 g/mol. The van der Waals surface area contributed by atoms with E-state index in [1.54, 1.807) is 18.0 Å². The molecule has 2 atom stereocenters. The van der Waals surface area contributed by atoms with E-state index in [2.05, 4.69) is 28.8 Å². The monoisotopic (exact) mass is 349 g/mol. The number of hydrogen-bond donors (Lipinski definition) is 2. The van der Waals surface area contributed by atoms with Crippen LogP contribution in [0.4, 0.5) is 0 Å². The number of nitrogens with one attached hydrogen (secondary N) is 2. The second-order valence-electron chi connectivity index (χ2n) is 7.10. The van der Waals surface area contributed by atoms with Gasteiger partial charge in [-0.05, 0) is 22.8 Å². The zero-order valence-corrected chi connectivity index (χ0v) is 14.9. The maximum atomic E-state index is 12.9. The summed E-state index contributed by atoms with van der Waals surface area (Å²) in [5.74, 6) is -0.0855. The van der Waals surface area contributed by atoms with E-state index in [9.17, 15) is 9.59 Å². The number of amides is 2. The standard InChI is InChI=1S/C21H23N3O2/c1-24-13-19(17-8-4-5-9-18(17)21(24)26)20(25)23-12-15-11-22-10-14-6-2-3-7-16(14)15/h2-9,15,19,22H,10-13H2,1H3,(H,23,25). The zero-order valence-electron chi connectivity index (χ0n) is 14.9. The summed E-state index contributed by atoms with van der Waals surface area (Å²) in [5.41, 5.74) is 4.07. The Bertz CT molecular complexity index is 849. The van der Waals surface area contributed by atoms with Crippen LogP contribution in [0.15, 0.2) is 48.5 Å². The molecule has 2 aromatic rings. The molecule has 2 N–H and O–H groups in total. The predicted octanol–water partition coefficient (Wildman–Crippen LogP) is 1.86. The van der Waals surface area contributed by atoms with Gasteiger partial charge >= 0.3 is 0 Å². The molecule has 5 heteroatoms. The summed E-state index contributed by atoms with van der Waals surface area (Å²) >= 11 is 0. The van der Waals surface area contributed by atoms with Crippen molar-refractivity contribution in [1.29, 1.82) is 0 Å². The molecule has 0 saturated carbocycles. The Morgan fingerprint density at radius 1 is 1.15 bits per heavy atom. The molecule has 0 bridgehead atoms. The van der Waals surface area contributed by atoms with Crippen LogP contribution < -0.4 is 10.6 Å². The molecular weight excluding hydrogens is 326 g/mol. The molecular formula is C21H23N3O2. The highest BCUT2D eigenvalue weighted by Gasteiger charge is 2.33. The van der Waals surface area contributed by atoms with Gasteiger partial charge < -0.3 is 15.5 Å². The van der Waals surface area contributed by atoms with E-state index < -0.39 is 0 Å². The molecule has 0 aliphatic carbocycles. The highest BCUT2D eigenvalue weighted by Crippen LogP contribution is 2.28. The van der Waals surface area contributed by atoms with Crippen LogP contribution in [0, 0.1) is 0 Å². The first-order valence-electron chi connectivity index (χ1n) is 9.05. The number of likely N-dealkylation sites (N-methyl/N-ethyl adjacent to an activating group) is 1. The van der Waals surface area contributed by atoms with E-state index in [-0.39, 0.29) is 23.7 Å². The fourth-order valence-corrected chi connectivity index (χ4v) is 3.99. The quantitative estimate of drug-likeness (QED) is 0.889. The van der Waals surface area contributed by atoms with Crippen molar-refractivity contribution in [3.8, 4) is 0 Å². The SMILES string of the molecule is CN1CC(C(=O)NCC2CNCc3ccccc32)c2ccccc2C1=O. The lowest BCUT2D eigenvalue weighted by atomic mass is 9.88. The molecule has 4 rings (SSSR count). The van der Waals surface area contributed by atoms with Crippen molar-refractivity contribution < 1.29 is 9.59 Å². The summed E-state index contributed by atoms with van der Waals surface area (Å²) in [6.07, 6.45) is 0. The molecule has 0 fully saturated rings. The first kappa shape index (κ1) is 16.8.